The minimum atomic E-state index is -0.748. The second-order valence-electron chi connectivity index (χ2n) is 6.23. The highest BCUT2D eigenvalue weighted by Crippen LogP contribution is 2.19. The van der Waals surface area contributed by atoms with Crippen LogP contribution in [0.1, 0.15) is 42.6 Å². The van der Waals surface area contributed by atoms with Crippen LogP contribution in [0.4, 0.5) is 0 Å². The van der Waals surface area contributed by atoms with Gasteiger partial charge in [-0.3, -0.25) is 9.59 Å². The second kappa shape index (κ2) is 8.42. The van der Waals surface area contributed by atoms with Crippen LogP contribution in [-0.2, 0) is 9.53 Å². The first-order valence-corrected chi connectivity index (χ1v) is 8.74. The summed E-state index contributed by atoms with van der Waals surface area (Å²) in [4.78, 5) is 35.8. The van der Waals surface area contributed by atoms with Crippen molar-refractivity contribution in [3.8, 4) is 0 Å². The van der Waals surface area contributed by atoms with Crippen LogP contribution in [0.25, 0.3) is 10.8 Å². The lowest BCUT2D eigenvalue weighted by Crippen LogP contribution is -2.30. The smallest absolute Gasteiger partial charge is 0.359 e. The molecular weight excluding hydrogens is 334 g/mol. The average molecular weight is 355 g/mol. The third kappa shape index (κ3) is 4.36. The second-order valence-corrected chi connectivity index (χ2v) is 6.23. The van der Waals surface area contributed by atoms with Gasteiger partial charge in [0.1, 0.15) is 0 Å². The quantitative estimate of drug-likeness (QED) is 0.610. The fourth-order valence-corrected chi connectivity index (χ4v) is 3.02. The molecule has 1 aliphatic carbocycles. The first-order valence-electron chi connectivity index (χ1n) is 8.74. The lowest BCUT2D eigenvalue weighted by atomic mass is 9.97. The minimum absolute atomic E-state index is 0.0136. The topological polar surface area (TPSA) is 101 Å². The van der Waals surface area contributed by atoms with Gasteiger partial charge in [-0.25, -0.2) is 9.89 Å². The van der Waals surface area contributed by atoms with Crippen molar-refractivity contribution in [2.75, 3.05) is 13.2 Å². The Hall–Kier alpha value is -2.96. The van der Waals surface area contributed by atoms with E-state index in [4.69, 9.17) is 4.74 Å². The van der Waals surface area contributed by atoms with Gasteiger partial charge in [0.2, 0.25) is 0 Å². The summed E-state index contributed by atoms with van der Waals surface area (Å²) in [6, 6.07) is 6.61. The number of nitrogens with one attached hydrogen (secondary N) is 2. The number of hydrogen-bond acceptors (Lipinski definition) is 5. The van der Waals surface area contributed by atoms with E-state index in [2.05, 4.69) is 21.6 Å². The zero-order valence-electron chi connectivity index (χ0n) is 14.4. The summed E-state index contributed by atoms with van der Waals surface area (Å²) in [5.41, 5.74) is 0.977. The highest BCUT2D eigenvalue weighted by molar-refractivity contribution is 6.02. The summed E-state index contributed by atoms with van der Waals surface area (Å²) < 4.78 is 5.03. The summed E-state index contributed by atoms with van der Waals surface area (Å²) in [5, 5.41) is 9.51. The van der Waals surface area contributed by atoms with Crippen molar-refractivity contribution in [1.29, 1.82) is 0 Å². The van der Waals surface area contributed by atoms with E-state index in [1.54, 1.807) is 24.3 Å². The van der Waals surface area contributed by atoms with Gasteiger partial charge < -0.3 is 10.1 Å². The summed E-state index contributed by atoms with van der Waals surface area (Å²) in [6.45, 7) is 0.148. The number of carbonyl (C=O) groups excluding carboxylic acids is 2. The Morgan fingerprint density at radius 1 is 1.19 bits per heavy atom. The van der Waals surface area contributed by atoms with Crippen molar-refractivity contribution >= 4 is 22.6 Å². The van der Waals surface area contributed by atoms with Crippen LogP contribution in [0.5, 0.6) is 0 Å². The lowest BCUT2D eigenvalue weighted by molar-refractivity contribution is -0.124. The van der Waals surface area contributed by atoms with E-state index in [-0.39, 0.29) is 23.8 Å². The number of allylic oxidation sites excluding steroid dienone is 1. The van der Waals surface area contributed by atoms with E-state index >= 15 is 0 Å². The monoisotopic (exact) mass is 355 g/mol. The lowest BCUT2D eigenvalue weighted by Gasteiger charge is -2.13. The number of esters is 1. The van der Waals surface area contributed by atoms with Crippen molar-refractivity contribution in [3.05, 3.63) is 52.0 Å². The number of carbonyl (C=O) groups is 2. The number of aromatic amines is 1. The van der Waals surface area contributed by atoms with E-state index in [0.29, 0.717) is 17.3 Å². The number of fused-ring (bicyclic) bond motifs is 1. The molecule has 2 N–H and O–H groups in total. The molecule has 26 heavy (non-hydrogen) atoms. The predicted molar refractivity (Wildman–Crippen MR) is 96.8 cm³/mol. The van der Waals surface area contributed by atoms with Crippen LogP contribution in [0.2, 0.25) is 0 Å². The highest BCUT2D eigenvalue weighted by atomic mass is 16.5. The van der Waals surface area contributed by atoms with Crippen LogP contribution in [0.15, 0.2) is 40.7 Å². The maximum Gasteiger partial charge on any atom is 0.359 e. The normalized spacial score (nSPS) is 13.9. The molecule has 0 saturated heterocycles. The predicted octanol–water partition coefficient (Wildman–Crippen LogP) is 2.09. The maximum atomic E-state index is 12.2. The summed E-state index contributed by atoms with van der Waals surface area (Å²) in [7, 11) is 0. The molecule has 1 amide bonds. The van der Waals surface area contributed by atoms with E-state index < -0.39 is 5.97 Å². The molecule has 0 saturated carbocycles. The third-order valence-electron chi connectivity index (χ3n) is 4.38. The van der Waals surface area contributed by atoms with Crippen LogP contribution in [0, 0.1) is 0 Å². The van der Waals surface area contributed by atoms with Crippen LogP contribution < -0.4 is 10.9 Å². The van der Waals surface area contributed by atoms with Gasteiger partial charge in [-0.05, 0) is 38.2 Å². The van der Waals surface area contributed by atoms with Crippen LogP contribution >= 0.6 is 0 Å². The van der Waals surface area contributed by atoms with E-state index in [0.717, 1.165) is 19.3 Å². The molecule has 0 bridgehead atoms. The van der Waals surface area contributed by atoms with Crippen molar-refractivity contribution in [3.63, 3.8) is 0 Å². The number of aromatic nitrogens is 2. The van der Waals surface area contributed by atoms with Crippen molar-refractivity contribution < 1.29 is 14.3 Å². The SMILES string of the molecule is O=C(COC(=O)c1n[nH]c(=O)c2ccccc12)NCCC1=CCCCC1. The Labute approximate surface area is 150 Å². The van der Waals surface area contributed by atoms with Gasteiger partial charge in [-0.2, -0.15) is 5.10 Å². The number of nitrogens with zero attached hydrogens (tertiary/aromatic N) is 1. The molecule has 7 nitrogen and oxygen atoms in total. The van der Waals surface area contributed by atoms with E-state index in [9.17, 15) is 14.4 Å². The largest absolute Gasteiger partial charge is 0.451 e. The standard InChI is InChI=1S/C19H21N3O4/c23-16(20-11-10-13-6-2-1-3-7-13)12-26-19(25)17-14-8-4-5-9-15(14)18(24)22-21-17/h4-6,8-9H,1-3,7,10-12H2,(H,20,23)(H,22,24). The number of benzene rings is 1. The summed E-state index contributed by atoms with van der Waals surface area (Å²) >= 11 is 0. The zero-order chi connectivity index (χ0) is 18.4. The molecule has 2 aromatic rings. The van der Waals surface area contributed by atoms with Gasteiger partial charge in [-0.15, -0.1) is 0 Å². The van der Waals surface area contributed by atoms with Gasteiger partial charge in [0.25, 0.3) is 11.5 Å². The van der Waals surface area contributed by atoms with Crippen LogP contribution in [0.3, 0.4) is 0 Å². The molecule has 0 fully saturated rings. The molecule has 1 heterocycles. The molecule has 0 atom stereocenters. The Morgan fingerprint density at radius 2 is 2.00 bits per heavy atom. The molecule has 0 aliphatic heterocycles. The molecule has 0 spiro atoms. The minimum Gasteiger partial charge on any atom is -0.451 e. The fraction of sp³-hybridized carbons (Fsp3) is 0.368. The Morgan fingerprint density at radius 3 is 2.77 bits per heavy atom. The van der Waals surface area contributed by atoms with Gasteiger partial charge in [-0.1, -0.05) is 29.8 Å². The third-order valence-corrected chi connectivity index (χ3v) is 4.38. The average Bonchev–Trinajstić information content (AvgIpc) is 2.67. The molecule has 1 aromatic heterocycles. The highest BCUT2D eigenvalue weighted by Gasteiger charge is 2.16. The summed E-state index contributed by atoms with van der Waals surface area (Å²) in [6.07, 6.45) is 7.71. The Kier molecular flexibility index (Phi) is 5.78. The number of ether oxygens (including phenoxy) is 1. The van der Waals surface area contributed by atoms with Gasteiger partial charge >= 0.3 is 5.97 Å². The maximum absolute atomic E-state index is 12.2. The van der Waals surface area contributed by atoms with Crippen LogP contribution in [-0.4, -0.2) is 35.2 Å². The first kappa shape index (κ1) is 17.8. The first-order chi connectivity index (χ1) is 12.6. The molecule has 7 heteroatoms. The molecule has 136 valence electrons. The number of hydrogen-bond donors (Lipinski definition) is 2. The van der Waals surface area contributed by atoms with Crippen molar-refractivity contribution in [1.82, 2.24) is 15.5 Å². The molecule has 3 rings (SSSR count). The molecule has 1 aliphatic rings. The zero-order valence-corrected chi connectivity index (χ0v) is 14.4. The summed E-state index contributed by atoms with van der Waals surface area (Å²) in [5.74, 6) is -1.11. The van der Waals surface area contributed by atoms with Gasteiger partial charge in [0.05, 0.1) is 5.39 Å². The van der Waals surface area contributed by atoms with E-state index in [1.165, 1.54) is 18.4 Å². The van der Waals surface area contributed by atoms with Gasteiger partial charge in [0, 0.05) is 11.9 Å². The molecule has 0 radical (unpaired) electrons. The van der Waals surface area contributed by atoms with Gasteiger partial charge in [0.15, 0.2) is 12.3 Å². The molecular formula is C19H21N3O4. The fourth-order valence-electron chi connectivity index (χ4n) is 3.02. The van der Waals surface area contributed by atoms with Crippen molar-refractivity contribution in [2.45, 2.75) is 32.1 Å². The Balaban J connectivity index is 1.52. The van der Waals surface area contributed by atoms with Crippen molar-refractivity contribution in [2.24, 2.45) is 0 Å². The molecule has 1 aromatic carbocycles. The molecule has 0 unspecified atom stereocenters. The number of amides is 1. The van der Waals surface area contributed by atoms with E-state index in [1.807, 2.05) is 0 Å². The number of H-pyrrole nitrogens is 1. The Bertz CT molecular complexity index is 901. The number of rotatable bonds is 6.